The van der Waals surface area contributed by atoms with Crippen LogP contribution in [0.25, 0.3) is 0 Å². The van der Waals surface area contributed by atoms with Gasteiger partial charge in [0.1, 0.15) is 11.6 Å². The second-order valence-electron chi connectivity index (χ2n) is 3.60. The molecule has 1 heterocycles. The SMILES string of the molecule is C#CCn1c(CC)nc(C(C)C)c1N. The van der Waals surface area contributed by atoms with Gasteiger partial charge in [-0.1, -0.05) is 26.7 Å². The van der Waals surface area contributed by atoms with Gasteiger partial charge in [0.05, 0.1) is 12.2 Å². The van der Waals surface area contributed by atoms with Crippen molar-refractivity contribution in [2.24, 2.45) is 0 Å². The molecule has 0 spiro atoms. The first-order valence-electron chi connectivity index (χ1n) is 4.90. The minimum atomic E-state index is 0.347. The highest BCUT2D eigenvalue weighted by molar-refractivity contribution is 5.40. The Kier molecular flexibility index (Phi) is 3.19. The molecule has 0 saturated heterocycles. The Labute approximate surface area is 85.3 Å². The standard InChI is InChI=1S/C11H17N3/c1-5-7-14-9(6-2)13-10(8(3)4)11(14)12/h1,8H,6-7,12H2,2-4H3. The van der Waals surface area contributed by atoms with Crippen LogP contribution in [0.1, 0.15) is 38.2 Å². The molecule has 1 rings (SSSR count). The van der Waals surface area contributed by atoms with Crippen molar-refractivity contribution in [1.29, 1.82) is 0 Å². The Bertz CT molecular complexity index is 355. The normalized spacial score (nSPS) is 10.5. The highest BCUT2D eigenvalue weighted by atomic mass is 15.1. The number of nitrogens with two attached hydrogens (primary N) is 1. The predicted molar refractivity (Wildman–Crippen MR) is 58.9 cm³/mol. The van der Waals surface area contributed by atoms with Gasteiger partial charge in [-0.2, -0.15) is 0 Å². The molecule has 0 unspecified atom stereocenters. The van der Waals surface area contributed by atoms with Crippen LogP contribution in [0.4, 0.5) is 5.82 Å². The van der Waals surface area contributed by atoms with E-state index in [9.17, 15) is 0 Å². The molecule has 14 heavy (non-hydrogen) atoms. The van der Waals surface area contributed by atoms with Crippen LogP contribution in [0.3, 0.4) is 0 Å². The van der Waals surface area contributed by atoms with Crippen molar-refractivity contribution >= 4 is 5.82 Å². The van der Waals surface area contributed by atoms with E-state index in [0.717, 1.165) is 23.8 Å². The highest BCUT2D eigenvalue weighted by Gasteiger charge is 2.14. The van der Waals surface area contributed by atoms with Crippen LogP contribution in [0, 0.1) is 12.3 Å². The zero-order valence-corrected chi connectivity index (χ0v) is 9.04. The van der Waals surface area contributed by atoms with Crippen LogP contribution in [-0.4, -0.2) is 9.55 Å². The number of hydrogen-bond acceptors (Lipinski definition) is 2. The van der Waals surface area contributed by atoms with E-state index in [2.05, 4.69) is 31.7 Å². The smallest absolute Gasteiger partial charge is 0.127 e. The molecule has 3 heteroatoms. The molecule has 0 aliphatic heterocycles. The van der Waals surface area contributed by atoms with Gasteiger partial charge in [-0.3, -0.25) is 0 Å². The zero-order valence-electron chi connectivity index (χ0n) is 9.04. The summed E-state index contributed by atoms with van der Waals surface area (Å²) in [6, 6.07) is 0. The molecule has 0 bridgehead atoms. The van der Waals surface area contributed by atoms with Crippen molar-refractivity contribution in [3.8, 4) is 12.3 Å². The van der Waals surface area contributed by atoms with Gasteiger partial charge in [0, 0.05) is 6.42 Å². The quantitative estimate of drug-likeness (QED) is 0.740. The van der Waals surface area contributed by atoms with E-state index in [1.807, 2.05) is 4.57 Å². The maximum atomic E-state index is 5.97. The van der Waals surface area contributed by atoms with Gasteiger partial charge in [0.25, 0.3) is 0 Å². The minimum absolute atomic E-state index is 0.347. The second kappa shape index (κ2) is 4.19. The van der Waals surface area contributed by atoms with E-state index in [0.29, 0.717) is 12.5 Å². The van der Waals surface area contributed by atoms with Crippen LogP contribution in [0.15, 0.2) is 0 Å². The molecule has 76 valence electrons. The summed E-state index contributed by atoms with van der Waals surface area (Å²) in [4.78, 5) is 4.49. The lowest BCUT2D eigenvalue weighted by Crippen LogP contribution is -2.06. The fourth-order valence-electron chi connectivity index (χ4n) is 1.50. The van der Waals surface area contributed by atoms with Crippen LogP contribution in [0.2, 0.25) is 0 Å². The summed E-state index contributed by atoms with van der Waals surface area (Å²) in [5.74, 6) is 4.63. The maximum absolute atomic E-state index is 5.97. The molecule has 0 atom stereocenters. The van der Waals surface area contributed by atoms with E-state index in [4.69, 9.17) is 12.2 Å². The number of terminal acetylenes is 1. The van der Waals surface area contributed by atoms with Gasteiger partial charge in [-0.05, 0) is 5.92 Å². The number of nitrogens with zero attached hydrogens (tertiary/aromatic N) is 2. The Hall–Kier alpha value is -1.43. The number of rotatable bonds is 3. The van der Waals surface area contributed by atoms with Gasteiger partial charge in [0.2, 0.25) is 0 Å². The van der Waals surface area contributed by atoms with Gasteiger partial charge in [-0.25, -0.2) is 4.98 Å². The average Bonchev–Trinajstić information content (AvgIpc) is 2.45. The van der Waals surface area contributed by atoms with E-state index < -0.39 is 0 Å². The van der Waals surface area contributed by atoms with Crippen LogP contribution < -0.4 is 5.73 Å². The average molecular weight is 191 g/mol. The third kappa shape index (κ3) is 1.74. The fraction of sp³-hybridized carbons (Fsp3) is 0.545. The molecule has 0 saturated carbocycles. The molecule has 0 radical (unpaired) electrons. The molecule has 0 aliphatic carbocycles. The van der Waals surface area contributed by atoms with Crippen molar-refractivity contribution in [3.63, 3.8) is 0 Å². The summed E-state index contributed by atoms with van der Waals surface area (Å²) in [7, 11) is 0. The molecular formula is C11H17N3. The molecule has 0 aliphatic rings. The minimum Gasteiger partial charge on any atom is -0.384 e. The van der Waals surface area contributed by atoms with Crippen LogP contribution in [-0.2, 0) is 13.0 Å². The lowest BCUT2D eigenvalue weighted by atomic mass is 10.1. The summed E-state index contributed by atoms with van der Waals surface area (Å²) in [5, 5.41) is 0. The molecule has 3 nitrogen and oxygen atoms in total. The molecular weight excluding hydrogens is 174 g/mol. The van der Waals surface area contributed by atoms with Gasteiger partial charge >= 0.3 is 0 Å². The number of aromatic nitrogens is 2. The summed E-state index contributed by atoms with van der Waals surface area (Å²) in [6.07, 6.45) is 6.14. The Morgan fingerprint density at radius 1 is 1.57 bits per heavy atom. The molecule has 0 fully saturated rings. The third-order valence-electron chi connectivity index (χ3n) is 2.23. The Balaban J connectivity index is 3.20. The number of hydrogen-bond donors (Lipinski definition) is 1. The van der Waals surface area contributed by atoms with Crippen molar-refractivity contribution in [3.05, 3.63) is 11.5 Å². The lowest BCUT2D eigenvalue weighted by Gasteiger charge is -2.04. The number of imidazole rings is 1. The van der Waals surface area contributed by atoms with Gasteiger partial charge in [0.15, 0.2) is 0 Å². The van der Waals surface area contributed by atoms with E-state index in [1.54, 1.807) is 0 Å². The van der Waals surface area contributed by atoms with Crippen molar-refractivity contribution in [2.45, 2.75) is 39.7 Å². The molecule has 1 aromatic rings. The Morgan fingerprint density at radius 2 is 2.21 bits per heavy atom. The maximum Gasteiger partial charge on any atom is 0.127 e. The number of nitrogen functional groups attached to an aromatic ring is 1. The largest absolute Gasteiger partial charge is 0.384 e. The second-order valence-corrected chi connectivity index (χ2v) is 3.60. The van der Waals surface area contributed by atoms with E-state index in [-0.39, 0.29) is 0 Å². The van der Waals surface area contributed by atoms with Gasteiger partial charge in [-0.15, -0.1) is 6.42 Å². The third-order valence-corrected chi connectivity index (χ3v) is 2.23. The zero-order chi connectivity index (χ0) is 10.7. The monoisotopic (exact) mass is 191 g/mol. The molecule has 0 amide bonds. The topological polar surface area (TPSA) is 43.8 Å². The van der Waals surface area contributed by atoms with Crippen molar-refractivity contribution in [2.75, 3.05) is 5.73 Å². The van der Waals surface area contributed by atoms with E-state index in [1.165, 1.54) is 0 Å². The summed E-state index contributed by atoms with van der Waals surface area (Å²) in [5.41, 5.74) is 6.93. The Morgan fingerprint density at radius 3 is 2.64 bits per heavy atom. The van der Waals surface area contributed by atoms with Crippen LogP contribution in [0.5, 0.6) is 0 Å². The number of anilines is 1. The molecule has 1 aromatic heterocycles. The molecule has 0 aromatic carbocycles. The van der Waals surface area contributed by atoms with E-state index >= 15 is 0 Å². The molecule has 2 N–H and O–H groups in total. The number of aryl methyl sites for hydroxylation is 1. The lowest BCUT2D eigenvalue weighted by molar-refractivity contribution is 0.768. The first-order valence-corrected chi connectivity index (χ1v) is 4.90. The summed E-state index contributed by atoms with van der Waals surface area (Å²) < 4.78 is 1.91. The first kappa shape index (κ1) is 10.6. The van der Waals surface area contributed by atoms with Crippen LogP contribution >= 0.6 is 0 Å². The highest BCUT2D eigenvalue weighted by Crippen LogP contribution is 2.22. The summed E-state index contributed by atoms with van der Waals surface area (Å²) >= 11 is 0. The predicted octanol–water partition coefficient (Wildman–Crippen LogP) is 1.78. The van der Waals surface area contributed by atoms with Gasteiger partial charge < -0.3 is 10.3 Å². The first-order chi connectivity index (χ1) is 6.61. The van der Waals surface area contributed by atoms with Crippen molar-refractivity contribution < 1.29 is 0 Å². The summed E-state index contributed by atoms with van der Waals surface area (Å²) in [6.45, 7) is 6.73. The van der Waals surface area contributed by atoms with Crippen molar-refractivity contribution in [1.82, 2.24) is 9.55 Å². The fourth-order valence-corrected chi connectivity index (χ4v) is 1.50.